The van der Waals surface area contributed by atoms with E-state index in [4.69, 9.17) is 5.11 Å². The highest BCUT2D eigenvalue weighted by Gasteiger charge is 2.22. The first kappa shape index (κ1) is 11.9. The number of aliphatic hydroxyl groups excluding tert-OH is 1. The summed E-state index contributed by atoms with van der Waals surface area (Å²) >= 11 is 1.75. The van der Waals surface area contributed by atoms with E-state index in [2.05, 4.69) is 5.32 Å². The molecule has 0 aromatic heterocycles. The quantitative estimate of drug-likeness (QED) is 0.679. The Labute approximate surface area is 89.6 Å². The molecule has 14 heavy (non-hydrogen) atoms. The van der Waals surface area contributed by atoms with Gasteiger partial charge < -0.3 is 10.4 Å². The van der Waals surface area contributed by atoms with Crippen molar-refractivity contribution in [3.8, 4) is 0 Å². The zero-order chi connectivity index (χ0) is 10.4. The molecular weight excluding hydrogens is 198 g/mol. The lowest BCUT2D eigenvalue weighted by Crippen LogP contribution is -2.32. The summed E-state index contributed by atoms with van der Waals surface area (Å²) in [6.07, 6.45) is 3.55. The van der Waals surface area contributed by atoms with Crippen LogP contribution in [0.1, 0.15) is 32.6 Å². The van der Waals surface area contributed by atoms with Crippen LogP contribution in [0, 0.1) is 0 Å². The van der Waals surface area contributed by atoms with Crippen LogP contribution in [0.15, 0.2) is 0 Å². The summed E-state index contributed by atoms with van der Waals surface area (Å²) in [5.41, 5.74) is 0. The third kappa shape index (κ3) is 4.33. The Morgan fingerprint density at radius 1 is 1.71 bits per heavy atom. The molecule has 0 radical (unpaired) electrons. The molecular formula is C10H19NO2S. The molecule has 1 aliphatic heterocycles. The van der Waals surface area contributed by atoms with E-state index < -0.39 is 0 Å². The van der Waals surface area contributed by atoms with E-state index in [9.17, 15) is 4.79 Å². The normalized spacial score (nSPS) is 23.4. The molecule has 1 heterocycles. The Bertz CT molecular complexity index is 179. The molecule has 4 heteroatoms. The van der Waals surface area contributed by atoms with E-state index in [-0.39, 0.29) is 17.3 Å². The Kier molecular flexibility index (Phi) is 5.33. The fourth-order valence-electron chi connectivity index (χ4n) is 1.51. The number of carbonyl (C=O) groups excluding carboxylic acids is 1. The van der Waals surface area contributed by atoms with Gasteiger partial charge in [0.15, 0.2) is 0 Å². The topological polar surface area (TPSA) is 49.3 Å². The molecule has 0 bridgehead atoms. The third-order valence-corrected chi connectivity index (χ3v) is 3.70. The van der Waals surface area contributed by atoms with Crippen LogP contribution in [0.5, 0.6) is 0 Å². The van der Waals surface area contributed by atoms with Crippen LogP contribution in [-0.2, 0) is 4.79 Å². The molecule has 0 aromatic carbocycles. The summed E-state index contributed by atoms with van der Waals surface area (Å²) in [5, 5.41) is 12.1. The summed E-state index contributed by atoms with van der Waals surface area (Å²) in [6, 6.07) is 0. The fourth-order valence-corrected chi connectivity index (χ4v) is 2.69. The van der Waals surface area contributed by atoms with Gasteiger partial charge in [0.05, 0.1) is 11.4 Å². The number of nitrogens with one attached hydrogen (secondary N) is 1. The van der Waals surface area contributed by atoms with Crippen LogP contribution in [0.3, 0.4) is 0 Å². The molecule has 1 aliphatic rings. The van der Waals surface area contributed by atoms with Crippen molar-refractivity contribution < 1.29 is 9.90 Å². The van der Waals surface area contributed by atoms with Crippen molar-refractivity contribution in [2.45, 2.75) is 44.0 Å². The molecule has 0 aromatic rings. The lowest BCUT2D eigenvalue weighted by Gasteiger charge is -2.10. The molecule has 0 spiro atoms. The standard InChI is InChI=1S/C10H19NO2S/c1-8(12)4-2-6-11-10(13)9-5-3-7-14-9/h8-9,12H,2-7H2,1H3,(H,11,13). The lowest BCUT2D eigenvalue weighted by molar-refractivity contribution is -0.120. The number of thioether (sulfide) groups is 1. The first-order chi connectivity index (χ1) is 6.70. The van der Waals surface area contributed by atoms with Gasteiger partial charge in [-0.2, -0.15) is 0 Å². The van der Waals surface area contributed by atoms with Crippen LogP contribution >= 0.6 is 11.8 Å². The van der Waals surface area contributed by atoms with Crippen molar-refractivity contribution in [2.24, 2.45) is 0 Å². The van der Waals surface area contributed by atoms with Crippen LogP contribution in [0.2, 0.25) is 0 Å². The van der Waals surface area contributed by atoms with Crippen molar-refractivity contribution in [1.82, 2.24) is 5.32 Å². The maximum Gasteiger partial charge on any atom is 0.233 e. The average Bonchev–Trinajstić information content (AvgIpc) is 2.64. The molecule has 2 unspecified atom stereocenters. The minimum Gasteiger partial charge on any atom is -0.393 e. The van der Waals surface area contributed by atoms with Gasteiger partial charge in [0.2, 0.25) is 5.91 Å². The van der Waals surface area contributed by atoms with Crippen molar-refractivity contribution in [3.05, 3.63) is 0 Å². The largest absolute Gasteiger partial charge is 0.393 e. The third-order valence-electron chi connectivity index (χ3n) is 2.32. The first-order valence-corrected chi connectivity index (χ1v) is 6.32. The van der Waals surface area contributed by atoms with Crippen molar-refractivity contribution in [1.29, 1.82) is 0 Å². The second-order valence-corrected chi connectivity index (χ2v) is 5.09. The molecule has 1 rings (SSSR count). The van der Waals surface area contributed by atoms with E-state index in [0.717, 1.165) is 31.4 Å². The van der Waals surface area contributed by atoms with E-state index in [1.807, 2.05) is 0 Å². The van der Waals surface area contributed by atoms with Gasteiger partial charge in [-0.05, 0) is 38.4 Å². The van der Waals surface area contributed by atoms with Crippen molar-refractivity contribution >= 4 is 17.7 Å². The van der Waals surface area contributed by atoms with Gasteiger partial charge in [-0.25, -0.2) is 0 Å². The van der Waals surface area contributed by atoms with Crippen LogP contribution in [0.25, 0.3) is 0 Å². The summed E-state index contributed by atoms with van der Waals surface area (Å²) in [5.74, 6) is 1.30. The number of amides is 1. The molecule has 1 amide bonds. The van der Waals surface area contributed by atoms with Crippen molar-refractivity contribution in [2.75, 3.05) is 12.3 Å². The minimum absolute atomic E-state index is 0.179. The number of carbonyl (C=O) groups is 1. The van der Waals surface area contributed by atoms with Crippen LogP contribution in [-0.4, -0.2) is 34.7 Å². The van der Waals surface area contributed by atoms with Gasteiger partial charge in [-0.3, -0.25) is 4.79 Å². The Morgan fingerprint density at radius 2 is 2.50 bits per heavy atom. The highest BCUT2D eigenvalue weighted by atomic mass is 32.2. The molecule has 0 saturated carbocycles. The molecule has 2 N–H and O–H groups in total. The highest BCUT2D eigenvalue weighted by molar-refractivity contribution is 8.00. The first-order valence-electron chi connectivity index (χ1n) is 5.27. The summed E-state index contributed by atoms with van der Waals surface area (Å²) in [7, 11) is 0. The zero-order valence-corrected chi connectivity index (χ0v) is 9.48. The SMILES string of the molecule is CC(O)CCCNC(=O)C1CCCS1. The summed E-state index contributed by atoms with van der Waals surface area (Å²) < 4.78 is 0. The maximum atomic E-state index is 11.5. The van der Waals surface area contributed by atoms with Gasteiger partial charge in [-0.1, -0.05) is 0 Å². The predicted molar refractivity (Wildman–Crippen MR) is 59.4 cm³/mol. The van der Waals surface area contributed by atoms with Crippen LogP contribution in [0.4, 0.5) is 0 Å². The number of hydrogen-bond donors (Lipinski definition) is 2. The van der Waals surface area contributed by atoms with Gasteiger partial charge in [0, 0.05) is 6.54 Å². The molecule has 2 atom stereocenters. The summed E-state index contributed by atoms with van der Waals surface area (Å²) in [4.78, 5) is 11.5. The molecule has 1 saturated heterocycles. The number of aliphatic hydroxyl groups is 1. The monoisotopic (exact) mass is 217 g/mol. The lowest BCUT2D eigenvalue weighted by atomic mass is 10.2. The van der Waals surface area contributed by atoms with Gasteiger partial charge in [0.1, 0.15) is 0 Å². The maximum absolute atomic E-state index is 11.5. The predicted octanol–water partition coefficient (Wildman–Crippen LogP) is 1.16. The van der Waals surface area contributed by atoms with E-state index >= 15 is 0 Å². The Balaban J connectivity index is 2.03. The smallest absolute Gasteiger partial charge is 0.233 e. The van der Waals surface area contributed by atoms with Crippen LogP contribution < -0.4 is 5.32 Å². The molecule has 82 valence electrons. The molecule has 0 aliphatic carbocycles. The van der Waals surface area contributed by atoms with Gasteiger partial charge in [-0.15, -0.1) is 11.8 Å². The Morgan fingerprint density at radius 3 is 3.07 bits per heavy atom. The van der Waals surface area contributed by atoms with Gasteiger partial charge in [0.25, 0.3) is 0 Å². The second kappa shape index (κ2) is 6.30. The van der Waals surface area contributed by atoms with Crippen molar-refractivity contribution in [3.63, 3.8) is 0 Å². The average molecular weight is 217 g/mol. The zero-order valence-electron chi connectivity index (χ0n) is 8.66. The summed E-state index contributed by atoms with van der Waals surface area (Å²) in [6.45, 7) is 2.47. The number of rotatable bonds is 5. The van der Waals surface area contributed by atoms with Gasteiger partial charge >= 0.3 is 0 Å². The fraction of sp³-hybridized carbons (Fsp3) is 0.900. The van der Waals surface area contributed by atoms with E-state index in [1.54, 1.807) is 18.7 Å². The highest BCUT2D eigenvalue weighted by Crippen LogP contribution is 2.25. The molecule has 3 nitrogen and oxygen atoms in total. The van der Waals surface area contributed by atoms with E-state index in [1.165, 1.54) is 0 Å². The van der Waals surface area contributed by atoms with E-state index in [0.29, 0.717) is 6.54 Å². The second-order valence-electron chi connectivity index (χ2n) is 3.78. The molecule has 1 fully saturated rings. The number of hydrogen-bond acceptors (Lipinski definition) is 3. The minimum atomic E-state index is -0.257. The Hall–Kier alpha value is -0.220.